The molecule has 1 aromatic heterocycles. The number of anilines is 1. The third-order valence-corrected chi connectivity index (χ3v) is 5.46. The van der Waals surface area contributed by atoms with Crippen LogP contribution in [0.5, 0.6) is 0 Å². The molecule has 0 unspecified atom stereocenters. The number of rotatable bonds is 7. The van der Waals surface area contributed by atoms with Gasteiger partial charge in [0.25, 0.3) is 0 Å². The van der Waals surface area contributed by atoms with Crippen LogP contribution in [0, 0.1) is 5.92 Å². The predicted octanol–water partition coefficient (Wildman–Crippen LogP) is 1.62. The fraction of sp³-hybridized carbons (Fsp3) is 0.688. The standard InChI is InChI=1S/C16H26N4O3S/c1-11(10-21)13-18-19-15(24-13)17-14(22)16(2,3)20(4)9-12-5-7-23-8-6-12/h12,21H,1,5-10H2,2-4H3,(H,17,19,22). The molecule has 1 aromatic rings. The van der Waals surface area contributed by atoms with E-state index in [4.69, 9.17) is 9.84 Å². The Balaban J connectivity index is 1.95. The van der Waals surface area contributed by atoms with E-state index in [1.54, 1.807) is 0 Å². The molecule has 24 heavy (non-hydrogen) atoms. The van der Waals surface area contributed by atoms with Crippen LogP contribution < -0.4 is 5.32 Å². The van der Waals surface area contributed by atoms with Crippen molar-refractivity contribution in [2.75, 3.05) is 38.7 Å². The summed E-state index contributed by atoms with van der Waals surface area (Å²) in [4.78, 5) is 14.7. The first-order valence-electron chi connectivity index (χ1n) is 8.07. The Bertz CT molecular complexity index is 582. The summed E-state index contributed by atoms with van der Waals surface area (Å²) in [5.41, 5.74) is -0.179. The number of carbonyl (C=O) groups is 1. The molecule has 1 saturated heterocycles. The molecule has 2 N–H and O–H groups in total. The Morgan fingerprint density at radius 3 is 2.75 bits per heavy atom. The van der Waals surface area contributed by atoms with E-state index in [0.717, 1.165) is 32.6 Å². The van der Waals surface area contributed by atoms with E-state index >= 15 is 0 Å². The molecule has 0 spiro atoms. The van der Waals surface area contributed by atoms with E-state index in [1.165, 1.54) is 11.3 Å². The molecule has 7 nitrogen and oxygen atoms in total. The molecule has 1 aliphatic heterocycles. The topological polar surface area (TPSA) is 87.6 Å². The molecule has 2 heterocycles. The SMILES string of the molecule is C=C(CO)c1nnc(NC(=O)C(C)(C)N(C)CC2CCOCC2)s1. The second-order valence-corrected chi connectivity index (χ2v) is 7.60. The van der Waals surface area contributed by atoms with E-state index in [1.807, 2.05) is 20.9 Å². The largest absolute Gasteiger partial charge is 0.392 e. The fourth-order valence-corrected chi connectivity index (χ4v) is 3.15. The van der Waals surface area contributed by atoms with Crippen molar-refractivity contribution in [3.8, 4) is 0 Å². The highest BCUT2D eigenvalue weighted by Crippen LogP contribution is 2.24. The molecule has 0 atom stereocenters. The van der Waals surface area contributed by atoms with E-state index in [9.17, 15) is 4.79 Å². The second-order valence-electron chi connectivity index (χ2n) is 6.62. The van der Waals surface area contributed by atoms with Crippen LogP contribution in [-0.4, -0.2) is 65.1 Å². The molecular weight excluding hydrogens is 328 g/mol. The zero-order valence-corrected chi connectivity index (χ0v) is 15.4. The molecule has 0 aliphatic carbocycles. The van der Waals surface area contributed by atoms with Crippen molar-refractivity contribution >= 4 is 27.9 Å². The molecule has 1 amide bonds. The lowest BCUT2D eigenvalue weighted by molar-refractivity contribution is -0.126. The number of aliphatic hydroxyl groups is 1. The van der Waals surface area contributed by atoms with Gasteiger partial charge in [0.05, 0.1) is 12.1 Å². The maximum Gasteiger partial charge on any atom is 0.246 e. The summed E-state index contributed by atoms with van der Waals surface area (Å²) >= 11 is 1.21. The number of amides is 1. The van der Waals surface area contributed by atoms with Gasteiger partial charge < -0.3 is 9.84 Å². The predicted molar refractivity (Wildman–Crippen MR) is 94.9 cm³/mol. The average Bonchev–Trinajstić information content (AvgIpc) is 3.03. The molecule has 8 heteroatoms. The van der Waals surface area contributed by atoms with Gasteiger partial charge in [-0.3, -0.25) is 15.0 Å². The number of carbonyl (C=O) groups excluding carboxylic acids is 1. The Kier molecular flexibility index (Phi) is 6.45. The van der Waals surface area contributed by atoms with Gasteiger partial charge in [-0.15, -0.1) is 10.2 Å². The van der Waals surface area contributed by atoms with Gasteiger partial charge in [-0.05, 0) is 39.7 Å². The summed E-state index contributed by atoms with van der Waals surface area (Å²) < 4.78 is 5.39. The van der Waals surface area contributed by atoms with Crippen molar-refractivity contribution in [2.45, 2.75) is 32.2 Å². The minimum Gasteiger partial charge on any atom is -0.392 e. The maximum atomic E-state index is 12.7. The Hall–Kier alpha value is -1.35. The number of aromatic nitrogens is 2. The number of nitrogens with zero attached hydrogens (tertiary/aromatic N) is 3. The molecule has 0 bridgehead atoms. The van der Waals surface area contributed by atoms with Crippen molar-refractivity contribution < 1.29 is 14.6 Å². The summed E-state index contributed by atoms with van der Waals surface area (Å²) in [6.07, 6.45) is 2.07. The molecule has 0 aromatic carbocycles. The number of hydrogen-bond acceptors (Lipinski definition) is 7. The summed E-state index contributed by atoms with van der Waals surface area (Å²) in [6.45, 7) is 9.78. The van der Waals surface area contributed by atoms with Crippen LogP contribution in [0.2, 0.25) is 0 Å². The van der Waals surface area contributed by atoms with Gasteiger partial charge in [0.15, 0.2) is 0 Å². The summed E-state index contributed by atoms with van der Waals surface area (Å²) in [5.74, 6) is 0.422. The van der Waals surface area contributed by atoms with Crippen molar-refractivity contribution in [3.05, 3.63) is 11.6 Å². The number of likely N-dealkylation sites (N-methyl/N-ethyl adjacent to an activating group) is 1. The fourth-order valence-electron chi connectivity index (χ4n) is 2.45. The number of ether oxygens (including phenoxy) is 1. The van der Waals surface area contributed by atoms with Gasteiger partial charge in [-0.25, -0.2) is 0 Å². The first-order chi connectivity index (χ1) is 11.3. The highest BCUT2D eigenvalue weighted by atomic mass is 32.1. The lowest BCUT2D eigenvalue weighted by Crippen LogP contribution is -2.52. The van der Waals surface area contributed by atoms with Crippen molar-refractivity contribution in [1.29, 1.82) is 0 Å². The van der Waals surface area contributed by atoms with Crippen LogP contribution in [0.3, 0.4) is 0 Å². The average molecular weight is 354 g/mol. The monoisotopic (exact) mass is 354 g/mol. The molecule has 1 aliphatic rings. The normalized spacial score (nSPS) is 16.4. The van der Waals surface area contributed by atoms with E-state index in [-0.39, 0.29) is 12.5 Å². The molecule has 134 valence electrons. The summed E-state index contributed by atoms with van der Waals surface area (Å²) in [5, 5.41) is 20.7. The van der Waals surface area contributed by atoms with Crippen LogP contribution in [0.15, 0.2) is 6.58 Å². The smallest absolute Gasteiger partial charge is 0.246 e. The molecule has 0 saturated carbocycles. The quantitative estimate of drug-likeness (QED) is 0.774. The van der Waals surface area contributed by atoms with Crippen LogP contribution in [0.25, 0.3) is 5.57 Å². The Morgan fingerprint density at radius 2 is 2.12 bits per heavy atom. The van der Waals surface area contributed by atoms with Gasteiger partial charge >= 0.3 is 0 Å². The molecule has 0 radical (unpaired) electrons. The number of aliphatic hydroxyl groups excluding tert-OH is 1. The number of nitrogens with one attached hydrogen (secondary N) is 1. The first kappa shape index (κ1) is 19.0. The second kappa shape index (κ2) is 8.15. The van der Waals surface area contributed by atoms with Crippen LogP contribution >= 0.6 is 11.3 Å². The first-order valence-corrected chi connectivity index (χ1v) is 8.89. The van der Waals surface area contributed by atoms with E-state index < -0.39 is 5.54 Å². The minimum atomic E-state index is -0.669. The molecular formula is C16H26N4O3S. The highest BCUT2D eigenvalue weighted by Gasteiger charge is 2.34. The van der Waals surface area contributed by atoms with Crippen molar-refractivity contribution in [2.24, 2.45) is 5.92 Å². The highest BCUT2D eigenvalue weighted by molar-refractivity contribution is 7.16. The van der Waals surface area contributed by atoms with Crippen molar-refractivity contribution in [3.63, 3.8) is 0 Å². The zero-order chi connectivity index (χ0) is 17.7. The lowest BCUT2D eigenvalue weighted by atomic mass is 9.95. The van der Waals surface area contributed by atoms with Crippen LogP contribution in [-0.2, 0) is 9.53 Å². The Morgan fingerprint density at radius 1 is 1.46 bits per heavy atom. The van der Waals surface area contributed by atoms with E-state index in [2.05, 4.69) is 27.0 Å². The zero-order valence-electron chi connectivity index (χ0n) is 14.5. The summed E-state index contributed by atoms with van der Waals surface area (Å²) in [7, 11) is 1.97. The maximum absolute atomic E-state index is 12.7. The lowest BCUT2D eigenvalue weighted by Gasteiger charge is -2.37. The van der Waals surface area contributed by atoms with Gasteiger partial charge in [-0.1, -0.05) is 17.9 Å². The summed E-state index contributed by atoms with van der Waals surface area (Å²) in [6, 6.07) is 0. The van der Waals surface area contributed by atoms with Gasteiger partial charge in [0, 0.05) is 25.3 Å². The van der Waals surface area contributed by atoms with E-state index in [0.29, 0.717) is 21.6 Å². The third kappa shape index (κ3) is 4.60. The minimum absolute atomic E-state index is 0.130. The molecule has 1 fully saturated rings. The van der Waals surface area contributed by atoms with Gasteiger partial charge in [0.2, 0.25) is 11.0 Å². The molecule has 2 rings (SSSR count). The van der Waals surface area contributed by atoms with Crippen LogP contribution in [0.4, 0.5) is 5.13 Å². The number of hydrogen-bond donors (Lipinski definition) is 2. The van der Waals surface area contributed by atoms with Gasteiger partial charge in [-0.2, -0.15) is 0 Å². The third-order valence-electron chi connectivity index (χ3n) is 4.52. The van der Waals surface area contributed by atoms with Crippen molar-refractivity contribution in [1.82, 2.24) is 15.1 Å². The van der Waals surface area contributed by atoms with Gasteiger partial charge in [0.1, 0.15) is 5.01 Å². The van der Waals surface area contributed by atoms with Crippen LogP contribution in [0.1, 0.15) is 31.7 Å². The Labute approximate surface area is 146 Å².